The fourth-order valence-corrected chi connectivity index (χ4v) is 2.48. The van der Waals surface area contributed by atoms with E-state index in [2.05, 4.69) is 25.9 Å². The summed E-state index contributed by atoms with van der Waals surface area (Å²) in [5.41, 5.74) is 5.79. The highest BCUT2D eigenvalue weighted by Crippen LogP contribution is 2.38. The van der Waals surface area contributed by atoms with Gasteiger partial charge in [0.1, 0.15) is 0 Å². The first kappa shape index (κ1) is 12.0. The van der Waals surface area contributed by atoms with Crippen LogP contribution in [0.15, 0.2) is 0 Å². The third-order valence-electron chi connectivity index (χ3n) is 3.48. The van der Waals surface area contributed by atoms with Gasteiger partial charge in [0.15, 0.2) is 0 Å². The molecular weight excluding hydrogens is 220 g/mol. The zero-order valence-corrected chi connectivity index (χ0v) is 9.78. The SMILES string of the molecule is NCC1(CC(=O)Nc2nn[nH]n2)CCCCC1. The first-order chi connectivity index (χ1) is 8.24. The topological polar surface area (TPSA) is 110 Å². The molecule has 1 heterocycles. The average molecular weight is 238 g/mol. The first-order valence-electron chi connectivity index (χ1n) is 5.97. The van der Waals surface area contributed by atoms with Gasteiger partial charge in [0.25, 0.3) is 5.95 Å². The van der Waals surface area contributed by atoms with Crippen molar-refractivity contribution in [3.05, 3.63) is 0 Å². The van der Waals surface area contributed by atoms with Gasteiger partial charge in [0, 0.05) is 6.42 Å². The van der Waals surface area contributed by atoms with Crippen molar-refractivity contribution in [3.63, 3.8) is 0 Å². The average Bonchev–Trinajstić information content (AvgIpc) is 2.83. The quantitative estimate of drug-likeness (QED) is 0.705. The third kappa shape index (κ3) is 3.00. The van der Waals surface area contributed by atoms with Crippen molar-refractivity contribution in [2.45, 2.75) is 38.5 Å². The Morgan fingerprint density at radius 3 is 2.76 bits per heavy atom. The van der Waals surface area contributed by atoms with Crippen molar-refractivity contribution in [1.82, 2.24) is 20.6 Å². The molecule has 0 aliphatic heterocycles. The second kappa shape index (κ2) is 5.22. The molecule has 1 saturated carbocycles. The second-order valence-corrected chi connectivity index (χ2v) is 4.73. The van der Waals surface area contributed by atoms with Crippen LogP contribution < -0.4 is 11.1 Å². The van der Waals surface area contributed by atoms with E-state index in [1.807, 2.05) is 0 Å². The normalized spacial score (nSPS) is 18.9. The van der Waals surface area contributed by atoms with E-state index < -0.39 is 0 Å². The van der Waals surface area contributed by atoms with Crippen molar-refractivity contribution in [1.29, 1.82) is 0 Å². The smallest absolute Gasteiger partial charge is 0.269 e. The summed E-state index contributed by atoms with van der Waals surface area (Å²) >= 11 is 0. The van der Waals surface area contributed by atoms with Gasteiger partial charge in [-0.2, -0.15) is 5.21 Å². The zero-order chi connectivity index (χ0) is 12.1. The van der Waals surface area contributed by atoms with E-state index in [1.165, 1.54) is 6.42 Å². The summed E-state index contributed by atoms with van der Waals surface area (Å²) in [4.78, 5) is 11.9. The molecule has 0 saturated heterocycles. The minimum Gasteiger partial charge on any atom is -0.330 e. The maximum atomic E-state index is 11.9. The van der Waals surface area contributed by atoms with Gasteiger partial charge in [0.05, 0.1) is 0 Å². The number of rotatable bonds is 4. The maximum absolute atomic E-state index is 11.9. The summed E-state index contributed by atoms with van der Waals surface area (Å²) in [6.45, 7) is 0.562. The molecular formula is C10H18N6O. The Labute approximate surface area is 99.5 Å². The maximum Gasteiger partial charge on any atom is 0.269 e. The van der Waals surface area contributed by atoms with Crippen LogP contribution in [-0.4, -0.2) is 33.1 Å². The monoisotopic (exact) mass is 238 g/mol. The van der Waals surface area contributed by atoms with Gasteiger partial charge in [-0.1, -0.05) is 24.4 Å². The van der Waals surface area contributed by atoms with Crippen LogP contribution in [0, 0.1) is 5.41 Å². The first-order valence-corrected chi connectivity index (χ1v) is 5.97. The summed E-state index contributed by atoms with van der Waals surface area (Å²) in [6, 6.07) is 0. The van der Waals surface area contributed by atoms with Gasteiger partial charge in [-0.15, -0.1) is 5.10 Å². The predicted molar refractivity (Wildman–Crippen MR) is 62.0 cm³/mol. The number of hydrogen-bond acceptors (Lipinski definition) is 5. The van der Waals surface area contributed by atoms with Crippen LogP contribution in [0.3, 0.4) is 0 Å². The van der Waals surface area contributed by atoms with E-state index in [0.717, 1.165) is 25.7 Å². The van der Waals surface area contributed by atoms with Crippen molar-refractivity contribution in [3.8, 4) is 0 Å². The molecule has 4 N–H and O–H groups in total. The minimum atomic E-state index is -0.0845. The molecule has 1 aliphatic rings. The van der Waals surface area contributed by atoms with E-state index in [0.29, 0.717) is 13.0 Å². The van der Waals surface area contributed by atoms with Gasteiger partial charge >= 0.3 is 0 Å². The van der Waals surface area contributed by atoms with Gasteiger partial charge < -0.3 is 5.73 Å². The fraction of sp³-hybridized carbons (Fsp3) is 0.800. The number of hydrogen-bond donors (Lipinski definition) is 3. The van der Waals surface area contributed by atoms with Crippen molar-refractivity contribution in [2.75, 3.05) is 11.9 Å². The molecule has 2 rings (SSSR count). The number of H-pyrrole nitrogens is 1. The van der Waals surface area contributed by atoms with E-state index in [4.69, 9.17) is 5.73 Å². The van der Waals surface area contributed by atoms with E-state index in [9.17, 15) is 4.79 Å². The van der Waals surface area contributed by atoms with Crippen molar-refractivity contribution < 1.29 is 4.79 Å². The highest BCUT2D eigenvalue weighted by molar-refractivity contribution is 5.89. The number of anilines is 1. The number of aromatic amines is 1. The largest absolute Gasteiger partial charge is 0.330 e. The lowest BCUT2D eigenvalue weighted by Crippen LogP contribution is -2.36. The molecule has 7 heteroatoms. The second-order valence-electron chi connectivity index (χ2n) is 4.73. The predicted octanol–water partition coefficient (Wildman–Crippen LogP) is 0.437. The Bertz CT molecular complexity index is 357. The Morgan fingerprint density at radius 1 is 1.41 bits per heavy atom. The van der Waals surface area contributed by atoms with Crippen LogP contribution in [0.25, 0.3) is 0 Å². The van der Waals surface area contributed by atoms with Gasteiger partial charge in [-0.05, 0) is 30.0 Å². The Balaban J connectivity index is 1.91. The molecule has 0 aromatic carbocycles. The number of nitrogens with two attached hydrogens (primary N) is 1. The van der Waals surface area contributed by atoms with Crippen molar-refractivity contribution >= 4 is 11.9 Å². The molecule has 1 aromatic heterocycles. The molecule has 1 aliphatic carbocycles. The van der Waals surface area contributed by atoms with E-state index in [1.54, 1.807) is 0 Å². The number of nitrogens with zero attached hydrogens (tertiary/aromatic N) is 3. The Kier molecular flexibility index (Phi) is 3.68. The molecule has 0 bridgehead atoms. The molecule has 7 nitrogen and oxygen atoms in total. The third-order valence-corrected chi connectivity index (χ3v) is 3.48. The molecule has 1 fully saturated rings. The lowest BCUT2D eigenvalue weighted by Gasteiger charge is -2.35. The standard InChI is InChI=1S/C10H18N6O/c11-7-10(4-2-1-3-5-10)6-8(17)12-9-13-15-16-14-9/h1-7,11H2,(H2,12,13,14,15,16,17). The molecule has 0 atom stereocenters. The summed E-state index contributed by atoms with van der Waals surface area (Å²) in [6.07, 6.45) is 6.07. The Morgan fingerprint density at radius 2 is 2.18 bits per heavy atom. The molecule has 0 spiro atoms. The highest BCUT2D eigenvalue weighted by atomic mass is 16.1. The molecule has 0 radical (unpaired) electrons. The van der Waals surface area contributed by atoms with Crippen molar-refractivity contribution in [2.24, 2.45) is 11.1 Å². The molecule has 1 amide bonds. The molecule has 17 heavy (non-hydrogen) atoms. The molecule has 94 valence electrons. The highest BCUT2D eigenvalue weighted by Gasteiger charge is 2.33. The number of amides is 1. The minimum absolute atomic E-state index is 0.0356. The molecule has 0 unspecified atom stereocenters. The van der Waals surface area contributed by atoms with E-state index in [-0.39, 0.29) is 17.3 Å². The van der Waals surface area contributed by atoms with Crippen LogP contribution in [0.2, 0.25) is 0 Å². The van der Waals surface area contributed by atoms with Gasteiger partial charge in [-0.25, -0.2) is 0 Å². The summed E-state index contributed by atoms with van der Waals surface area (Å²) in [5.74, 6) is 0.136. The van der Waals surface area contributed by atoms with Gasteiger partial charge in [-0.3, -0.25) is 10.1 Å². The number of carbonyl (C=O) groups is 1. The van der Waals surface area contributed by atoms with Crippen LogP contribution >= 0.6 is 0 Å². The number of nitrogens with one attached hydrogen (secondary N) is 2. The fourth-order valence-electron chi connectivity index (χ4n) is 2.48. The lowest BCUT2D eigenvalue weighted by molar-refractivity contribution is -0.118. The number of tetrazole rings is 1. The van der Waals surface area contributed by atoms with Gasteiger partial charge in [0.2, 0.25) is 5.91 Å². The number of carbonyl (C=O) groups excluding carboxylic acids is 1. The molecule has 1 aromatic rings. The summed E-state index contributed by atoms with van der Waals surface area (Å²) in [7, 11) is 0. The lowest BCUT2D eigenvalue weighted by atomic mass is 9.72. The van der Waals surface area contributed by atoms with E-state index >= 15 is 0 Å². The summed E-state index contributed by atoms with van der Waals surface area (Å²) < 4.78 is 0. The summed E-state index contributed by atoms with van der Waals surface area (Å²) in [5, 5.41) is 15.7. The van der Waals surface area contributed by atoms with Crippen LogP contribution in [-0.2, 0) is 4.79 Å². The van der Waals surface area contributed by atoms with Crippen LogP contribution in [0.4, 0.5) is 5.95 Å². The zero-order valence-electron chi connectivity index (χ0n) is 9.78. The van der Waals surface area contributed by atoms with Crippen LogP contribution in [0.5, 0.6) is 0 Å². The van der Waals surface area contributed by atoms with Crippen LogP contribution in [0.1, 0.15) is 38.5 Å². The number of aromatic nitrogens is 4. The Hall–Kier alpha value is -1.50.